The molecule has 2 aliphatic rings. The van der Waals surface area contributed by atoms with Crippen molar-refractivity contribution in [2.45, 2.75) is 40.0 Å². The molecule has 1 amide bonds. The van der Waals surface area contributed by atoms with Gasteiger partial charge in [0.1, 0.15) is 5.82 Å². The number of amides is 1. The molecule has 0 saturated carbocycles. The first-order chi connectivity index (χ1) is 11.4. The van der Waals surface area contributed by atoms with E-state index in [2.05, 4.69) is 13.8 Å². The molecule has 4 rings (SSSR count). The molecule has 0 spiro atoms. The van der Waals surface area contributed by atoms with E-state index < -0.39 is 5.91 Å². The van der Waals surface area contributed by atoms with E-state index in [1.807, 2.05) is 13.0 Å². The molecule has 122 valence electrons. The summed E-state index contributed by atoms with van der Waals surface area (Å²) < 4.78 is 14.2. The topological polar surface area (TPSA) is 43.1 Å². The lowest BCUT2D eigenvalue weighted by molar-refractivity contribution is 0.1000. The van der Waals surface area contributed by atoms with E-state index in [0.29, 0.717) is 12.0 Å². The average molecular weight is 321 g/mol. The van der Waals surface area contributed by atoms with Crippen LogP contribution >= 0.6 is 0 Å². The van der Waals surface area contributed by atoms with E-state index in [0.717, 1.165) is 51.8 Å². The SMILES string of the molecule is CC1=Cc2c(-c3c(C)c4c(C)c(c3C(N)=O)CC4)ccc(F)c2C1. The third-order valence-electron chi connectivity index (χ3n) is 5.57. The largest absolute Gasteiger partial charge is 0.366 e. The van der Waals surface area contributed by atoms with E-state index in [4.69, 9.17) is 5.73 Å². The fourth-order valence-electron chi connectivity index (χ4n) is 4.46. The minimum Gasteiger partial charge on any atom is -0.366 e. The number of primary amides is 1. The Morgan fingerprint density at radius 2 is 1.75 bits per heavy atom. The first-order valence-electron chi connectivity index (χ1n) is 8.33. The van der Waals surface area contributed by atoms with Crippen molar-refractivity contribution in [3.63, 3.8) is 0 Å². The van der Waals surface area contributed by atoms with Crippen LogP contribution in [0.5, 0.6) is 0 Å². The smallest absolute Gasteiger partial charge is 0.249 e. The number of hydrogen-bond donors (Lipinski definition) is 1. The Bertz CT molecular complexity index is 953. The maximum absolute atomic E-state index is 14.2. The van der Waals surface area contributed by atoms with Crippen LogP contribution in [0.4, 0.5) is 4.39 Å². The standard InChI is InChI=1S/C21H20FNO/c1-10-8-16-15(6-7-18(22)17(16)9-10)19-12(3)13-4-5-14(11(13)2)20(19)21(23)24/h6-8H,4-5,9H2,1-3H3,(H2,23,24). The highest BCUT2D eigenvalue weighted by molar-refractivity contribution is 6.04. The number of carbonyl (C=O) groups is 1. The predicted molar refractivity (Wildman–Crippen MR) is 94.6 cm³/mol. The average Bonchev–Trinajstić information content (AvgIpc) is 3.04. The molecule has 2 N–H and O–H groups in total. The van der Waals surface area contributed by atoms with Gasteiger partial charge in [0.25, 0.3) is 0 Å². The van der Waals surface area contributed by atoms with Gasteiger partial charge in [0.2, 0.25) is 5.91 Å². The molecular weight excluding hydrogens is 301 g/mol. The van der Waals surface area contributed by atoms with Crippen LogP contribution in [0, 0.1) is 19.7 Å². The van der Waals surface area contributed by atoms with Gasteiger partial charge in [0.05, 0.1) is 5.56 Å². The van der Waals surface area contributed by atoms with Crippen LogP contribution in [0.2, 0.25) is 0 Å². The normalized spacial score (nSPS) is 14.8. The van der Waals surface area contributed by atoms with Crippen LogP contribution in [-0.2, 0) is 19.3 Å². The molecule has 0 radical (unpaired) electrons. The van der Waals surface area contributed by atoms with Gasteiger partial charge in [-0.05, 0) is 90.6 Å². The second kappa shape index (κ2) is 5.04. The van der Waals surface area contributed by atoms with E-state index in [9.17, 15) is 9.18 Å². The summed E-state index contributed by atoms with van der Waals surface area (Å²) in [5, 5.41) is 0. The van der Waals surface area contributed by atoms with Gasteiger partial charge in [-0.1, -0.05) is 17.7 Å². The second-order valence-corrected chi connectivity index (χ2v) is 6.98. The minimum atomic E-state index is -0.392. The van der Waals surface area contributed by atoms with Gasteiger partial charge in [0.15, 0.2) is 0 Å². The van der Waals surface area contributed by atoms with E-state index in [-0.39, 0.29) is 5.82 Å². The molecule has 24 heavy (non-hydrogen) atoms. The van der Waals surface area contributed by atoms with Crippen molar-refractivity contribution in [3.8, 4) is 11.1 Å². The van der Waals surface area contributed by atoms with Gasteiger partial charge in [-0.3, -0.25) is 4.79 Å². The van der Waals surface area contributed by atoms with Crippen molar-refractivity contribution in [1.29, 1.82) is 0 Å². The quantitative estimate of drug-likeness (QED) is 0.882. The number of nitrogens with two attached hydrogens (primary N) is 1. The summed E-state index contributed by atoms with van der Waals surface area (Å²) in [6.45, 7) is 6.13. The molecule has 2 nitrogen and oxygen atoms in total. The van der Waals surface area contributed by atoms with Gasteiger partial charge in [-0.25, -0.2) is 4.39 Å². The highest BCUT2D eigenvalue weighted by Crippen LogP contribution is 2.43. The monoisotopic (exact) mass is 321 g/mol. The summed E-state index contributed by atoms with van der Waals surface area (Å²) in [7, 11) is 0. The first-order valence-corrected chi connectivity index (χ1v) is 8.33. The fraction of sp³-hybridized carbons (Fsp3) is 0.286. The summed E-state index contributed by atoms with van der Waals surface area (Å²) in [4.78, 5) is 12.3. The molecule has 0 fully saturated rings. The number of rotatable bonds is 2. The number of benzene rings is 2. The highest BCUT2D eigenvalue weighted by atomic mass is 19.1. The van der Waals surface area contributed by atoms with E-state index >= 15 is 0 Å². The molecule has 2 aliphatic carbocycles. The maximum atomic E-state index is 14.2. The maximum Gasteiger partial charge on any atom is 0.249 e. The van der Waals surface area contributed by atoms with Gasteiger partial charge < -0.3 is 5.73 Å². The molecular formula is C21H20FNO. The zero-order chi connectivity index (χ0) is 17.2. The van der Waals surface area contributed by atoms with Gasteiger partial charge in [0, 0.05) is 0 Å². The Labute approximate surface area is 141 Å². The number of carbonyl (C=O) groups excluding carboxylic acids is 1. The van der Waals surface area contributed by atoms with Crippen LogP contribution in [-0.4, -0.2) is 5.91 Å². The molecule has 2 bridgehead atoms. The van der Waals surface area contributed by atoms with Gasteiger partial charge in [-0.15, -0.1) is 0 Å². The van der Waals surface area contributed by atoms with Crippen LogP contribution in [0.1, 0.15) is 50.7 Å². The molecule has 3 heteroatoms. The Morgan fingerprint density at radius 1 is 1.04 bits per heavy atom. The minimum absolute atomic E-state index is 0.178. The third-order valence-corrected chi connectivity index (χ3v) is 5.57. The Kier molecular flexibility index (Phi) is 3.17. The molecule has 2 aromatic rings. The zero-order valence-corrected chi connectivity index (χ0v) is 14.2. The Morgan fingerprint density at radius 3 is 2.46 bits per heavy atom. The van der Waals surface area contributed by atoms with Crippen LogP contribution < -0.4 is 5.73 Å². The van der Waals surface area contributed by atoms with Crippen molar-refractivity contribution in [2.75, 3.05) is 0 Å². The summed E-state index contributed by atoms with van der Waals surface area (Å²) in [5.74, 6) is -0.570. The predicted octanol–water partition coefficient (Wildman–Crippen LogP) is 4.27. The summed E-state index contributed by atoms with van der Waals surface area (Å²) in [6.07, 6.45) is 4.48. The zero-order valence-electron chi connectivity index (χ0n) is 14.2. The lowest BCUT2D eigenvalue weighted by Crippen LogP contribution is -2.16. The summed E-state index contributed by atoms with van der Waals surface area (Å²) in [5.41, 5.74) is 15.6. The second-order valence-electron chi connectivity index (χ2n) is 6.98. The number of allylic oxidation sites excluding steroid dienone is 1. The van der Waals surface area contributed by atoms with Gasteiger partial charge >= 0.3 is 0 Å². The molecule has 2 aromatic carbocycles. The first kappa shape index (κ1) is 15.1. The lowest BCUT2D eigenvalue weighted by atomic mass is 9.85. The Balaban J connectivity index is 2.11. The van der Waals surface area contributed by atoms with Gasteiger partial charge in [-0.2, -0.15) is 0 Å². The molecule has 0 unspecified atom stereocenters. The number of halogens is 1. The molecule has 0 saturated heterocycles. The lowest BCUT2D eigenvalue weighted by Gasteiger charge is -2.18. The third kappa shape index (κ3) is 1.90. The summed E-state index contributed by atoms with van der Waals surface area (Å²) in [6, 6.07) is 3.31. The Hall–Kier alpha value is -2.42. The van der Waals surface area contributed by atoms with Crippen LogP contribution in [0.25, 0.3) is 17.2 Å². The van der Waals surface area contributed by atoms with E-state index in [1.165, 1.54) is 17.2 Å². The van der Waals surface area contributed by atoms with Crippen molar-refractivity contribution in [1.82, 2.24) is 0 Å². The molecule has 0 aliphatic heterocycles. The number of hydrogen-bond acceptors (Lipinski definition) is 1. The van der Waals surface area contributed by atoms with E-state index in [1.54, 1.807) is 6.07 Å². The number of fused-ring (bicyclic) bond motifs is 3. The van der Waals surface area contributed by atoms with Crippen molar-refractivity contribution < 1.29 is 9.18 Å². The van der Waals surface area contributed by atoms with Crippen LogP contribution in [0.3, 0.4) is 0 Å². The van der Waals surface area contributed by atoms with Crippen molar-refractivity contribution in [3.05, 3.63) is 62.5 Å². The molecule has 0 heterocycles. The highest BCUT2D eigenvalue weighted by Gasteiger charge is 2.29. The summed E-state index contributed by atoms with van der Waals surface area (Å²) >= 11 is 0. The molecule has 0 aromatic heterocycles. The van der Waals surface area contributed by atoms with Crippen molar-refractivity contribution in [2.24, 2.45) is 5.73 Å². The molecule has 0 atom stereocenters. The van der Waals surface area contributed by atoms with Crippen LogP contribution in [0.15, 0.2) is 17.7 Å². The van der Waals surface area contributed by atoms with Crippen molar-refractivity contribution >= 4 is 12.0 Å². The fourth-order valence-corrected chi connectivity index (χ4v) is 4.46.